The molecule has 1 aliphatic heterocycles. The van der Waals surface area contributed by atoms with Crippen LogP contribution in [-0.4, -0.2) is 53.3 Å². The van der Waals surface area contributed by atoms with Gasteiger partial charge in [0.2, 0.25) is 0 Å². The van der Waals surface area contributed by atoms with Crippen LogP contribution in [0.25, 0.3) is 28.0 Å². The van der Waals surface area contributed by atoms with Crippen molar-refractivity contribution in [3.63, 3.8) is 0 Å². The second kappa shape index (κ2) is 8.85. The molecule has 152 valence electrons. The van der Waals surface area contributed by atoms with E-state index in [1.165, 1.54) is 0 Å². The quantitative estimate of drug-likeness (QED) is 0.531. The number of hydrogen-bond donors (Lipinski definition) is 3. The molecule has 6 nitrogen and oxygen atoms in total. The van der Waals surface area contributed by atoms with E-state index in [-0.39, 0.29) is 0 Å². The van der Waals surface area contributed by atoms with Crippen molar-refractivity contribution in [2.45, 2.75) is 12.5 Å². The minimum Gasteiger partial charge on any atom is -0.383 e. The van der Waals surface area contributed by atoms with Crippen molar-refractivity contribution in [1.82, 2.24) is 25.4 Å². The van der Waals surface area contributed by atoms with E-state index in [1.807, 2.05) is 43.4 Å². The van der Waals surface area contributed by atoms with E-state index in [4.69, 9.17) is 4.98 Å². The molecule has 30 heavy (non-hydrogen) atoms. The number of allylic oxidation sites excluding steroid dienone is 2. The molecule has 0 aliphatic carbocycles. The summed E-state index contributed by atoms with van der Waals surface area (Å²) in [6.45, 7) is 5.89. The summed E-state index contributed by atoms with van der Waals surface area (Å²) in [6.07, 6.45) is 8.61. The van der Waals surface area contributed by atoms with Crippen LogP contribution in [0.1, 0.15) is 12.0 Å². The molecular formula is C24H26N6. The summed E-state index contributed by atoms with van der Waals surface area (Å²) in [6, 6.07) is 15.2. The normalized spacial score (nSPS) is 16.2. The highest BCUT2D eigenvalue weighted by Crippen LogP contribution is 2.28. The lowest BCUT2D eigenvalue weighted by Gasteiger charge is -2.15. The first-order chi connectivity index (χ1) is 14.6. The van der Waals surface area contributed by atoms with Crippen LogP contribution < -0.4 is 10.6 Å². The zero-order valence-electron chi connectivity index (χ0n) is 17.4. The third-order valence-electron chi connectivity index (χ3n) is 5.04. The molecule has 0 spiro atoms. The summed E-state index contributed by atoms with van der Waals surface area (Å²) in [7, 11) is 4.00. The molecule has 0 saturated carbocycles. The third-order valence-corrected chi connectivity index (χ3v) is 5.04. The number of nitrogens with zero attached hydrogens (tertiary/aromatic N) is 3. The molecule has 0 radical (unpaired) electrons. The van der Waals surface area contributed by atoms with Gasteiger partial charge in [0.15, 0.2) is 0 Å². The molecule has 0 amide bonds. The average Bonchev–Trinajstić information content (AvgIpc) is 3.46. The first-order valence-electron chi connectivity index (χ1n) is 10.1. The van der Waals surface area contributed by atoms with E-state index < -0.39 is 0 Å². The van der Waals surface area contributed by atoms with Gasteiger partial charge in [0.25, 0.3) is 0 Å². The van der Waals surface area contributed by atoms with Gasteiger partial charge >= 0.3 is 0 Å². The van der Waals surface area contributed by atoms with Crippen molar-refractivity contribution in [3.05, 3.63) is 73.2 Å². The SMILES string of the molecule is C=C/C(=C\N(C)C)c1cccc(-c2c#cc(-c3cn[nH]c3)c(NC3CCNC3)n2)c1. The van der Waals surface area contributed by atoms with Gasteiger partial charge in [-0.3, -0.25) is 5.10 Å². The van der Waals surface area contributed by atoms with Gasteiger partial charge in [-0.05, 0) is 36.2 Å². The number of benzene rings is 1. The maximum Gasteiger partial charge on any atom is 0.144 e. The highest BCUT2D eigenvalue weighted by Gasteiger charge is 2.18. The fourth-order valence-electron chi connectivity index (χ4n) is 3.55. The minimum absolute atomic E-state index is 0.341. The van der Waals surface area contributed by atoms with E-state index >= 15 is 0 Å². The number of aromatic nitrogens is 3. The fraction of sp³-hybridized carbons (Fsp3) is 0.250. The standard InChI is InChI=1S/C24H26N6/c1-4-17(16-30(2)3)18-6-5-7-19(12-18)23-9-8-22(20-13-26-27-14-20)24(29-23)28-21-10-11-25-15-21/h4-7,12-14,16,21,25H,1,10-11,15H2,2-3H3,(H,26,27)(H,28,29)/b17-16+. The number of H-pyrrole nitrogens is 1. The zero-order valence-corrected chi connectivity index (χ0v) is 17.4. The second-order valence-corrected chi connectivity index (χ2v) is 7.59. The summed E-state index contributed by atoms with van der Waals surface area (Å²) in [5, 5.41) is 13.9. The van der Waals surface area contributed by atoms with Crippen LogP contribution >= 0.6 is 0 Å². The van der Waals surface area contributed by atoms with E-state index in [9.17, 15) is 0 Å². The molecule has 2 aromatic heterocycles. The van der Waals surface area contributed by atoms with Gasteiger partial charge < -0.3 is 15.5 Å². The molecule has 1 aliphatic rings. The molecule has 1 aromatic carbocycles. The molecule has 3 N–H and O–H groups in total. The van der Waals surface area contributed by atoms with Gasteiger partial charge in [-0.15, -0.1) is 0 Å². The minimum atomic E-state index is 0.341. The number of nitrogens with one attached hydrogen (secondary N) is 3. The summed E-state index contributed by atoms with van der Waals surface area (Å²) >= 11 is 0. The Kier molecular flexibility index (Phi) is 5.82. The highest BCUT2D eigenvalue weighted by molar-refractivity contribution is 5.78. The topological polar surface area (TPSA) is 68.9 Å². The van der Waals surface area contributed by atoms with Crippen LogP contribution in [-0.2, 0) is 0 Å². The Hall–Kier alpha value is -3.56. The first kappa shape index (κ1) is 19.7. The Morgan fingerprint density at radius 2 is 2.20 bits per heavy atom. The van der Waals surface area contributed by atoms with Crippen LogP contribution in [0.15, 0.2) is 55.5 Å². The molecule has 1 fully saturated rings. The van der Waals surface area contributed by atoms with Gasteiger partial charge in [-0.1, -0.05) is 36.9 Å². The lowest BCUT2D eigenvalue weighted by Crippen LogP contribution is -2.23. The third kappa shape index (κ3) is 4.37. The van der Waals surface area contributed by atoms with Crippen molar-refractivity contribution >= 4 is 11.4 Å². The molecule has 1 unspecified atom stereocenters. The van der Waals surface area contributed by atoms with Crippen molar-refractivity contribution in [3.8, 4) is 22.4 Å². The molecular weight excluding hydrogens is 372 g/mol. The molecule has 4 rings (SSSR count). The smallest absolute Gasteiger partial charge is 0.144 e. The fourth-order valence-corrected chi connectivity index (χ4v) is 3.55. The van der Waals surface area contributed by atoms with Gasteiger partial charge in [0.1, 0.15) is 11.5 Å². The lowest BCUT2D eigenvalue weighted by atomic mass is 10.0. The zero-order chi connectivity index (χ0) is 20.9. The van der Waals surface area contributed by atoms with Gasteiger partial charge in [0, 0.05) is 50.2 Å². The van der Waals surface area contributed by atoms with Crippen LogP contribution in [0.5, 0.6) is 0 Å². The number of anilines is 1. The number of rotatable bonds is 7. The van der Waals surface area contributed by atoms with E-state index in [0.717, 1.165) is 58.8 Å². The second-order valence-electron chi connectivity index (χ2n) is 7.59. The van der Waals surface area contributed by atoms with Crippen LogP contribution in [0.3, 0.4) is 0 Å². The van der Waals surface area contributed by atoms with Crippen molar-refractivity contribution in [2.24, 2.45) is 0 Å². The Morgan fingerprint density at radius 3 is 2.90 bits per heavy atom. The maximum atomic E-state index is 4.93. The number of aromatic amines is 1. The molecule has 1 saturated heterocycles. The summed E-state index contributed by atoms with van der Waals surface area (Å²) < 4.78 is 0. The molecule has 3 aromatic rings. The Balaban J connectivity index is 1.72. The molecule has 6 heteroatoms. The van der Waals surface area contributed by atoms with Gasteiger partial charge in [0.05, 0.1) is 11.8 Å². The van der Waals surface area contributed by atoms with E-state index in [0.29, 0.717) is 6.04 Å². The monoisotopic (exact) mass is 398 g/mol. The van der Waals surface area contributed by atoms with Crippen LogP contribution in [0.2, 0.25) is 0 Å². The molecule has 1 atom stereocenters. The van der Waals surface area contributed by atoms with Crippen molar-refractivity contribution < 1.29 is 0 Å². The van der Waals surface area contributed by atoms with E-state index in [2.05, 4.69) is 57.9 Å². The Bertz CT molecular complexity index is 1030. The predicted octanol–water partition coefficient (Wildman–Crippen LogP) is 3.60. The average molecular weight is 399 g/mol. The largest absolute Gasteiger partial charge is 0.383 e. The summed E-state index contributed by atoms with van der Waals surface area (Å²) in [5.41, 5.74) is 5.69. The Morgan fingerprint density at radius 1 is 1.30 bits per heavy atom. The first-order valence-corrected chi connectivity index (χ1v) is 10.1. The van der Waals surface area contributed by atoms with Gasteiger partial charge in [-0.25, -0.2) is 4.98 Å². The predicted molar refractivity (Wildman–Crippen MR) is 122 cm³/mol. The molecule has 0 bridgehead atoms. The summed E-state index contributed by atoms with van der Waals surface area (Å²) in [5.74, 6) is 0.803. The maximum absolute atomic E-state index is 4.93. The van der Waals surface area contributed by atoms with Crippen LogP contribution in [0, 0.1) is 12.1 Å². The Labute approximate surface area is 177 Å². The lowest BCUT2D eigenvalue weighted by molar-refractivity contribution is 0.566. The van der Waals surface area contributed by atoms with E-state index in [1.54, 1.807) is 6.20 Å². The summed E-state index contributed by atoms with van der Waals surface area (Å²) in [4.78, 5) is 6.94. The molecule has 3 heterocycles. The van der Waals surface area contributed by atoms with Crippen molar-refractivity contribution in [1.29, 1.82) is 0 Å². The van der Waals surface area contributed by atoms with Gasteiger partial charge in [-0.2, -0.15) is 5.10 Å². The van der Waals surface area contributed by atoms with Crippen molar-refractivity contribution in [2.75, 3.05) is 32.5 Å². The van der Waals surface area contributed by atoms with Crippen LogP contribution in [0.4, 0.5) is 5.82 Å². The highest BCUT2D eigenvalue weighted by atomic mass is 15.1. The number of hydrogen-bond acceptors (Lipinski definition) is 5.